The van der Waals surface area contributed by atoms with E-state index in [0.717, 1.165) is 6.42 Å². The average Bonchev–Trinajstić information content (AvgIpc) is 2.29. The minimum Gasteiger partial charge on any atom is -0.290 e. The molecule has 104 valence electrons. The molecular weight excluding hydrogens is 236 g/mol. The van der Waals surface area contributed by atoms with Crippen molar-refractivity contribution in [3.63, 3.8) is 0 Å². The first kappa shape index (κ1) is 15.6. The molecular formula is C17H24O2. The molecule has 0 amide bonds. The molecule has 1 rings (SSSR count). The maximum Gasteiger partial charge on any atom is 0.185 e. The monoisotopic (exact) mass is 260 g/mol. The third-order valence-electron chi connectivity index (χ3n) is 3.58. The SMILES string of the molecule is CC1=C(C)C(=O)C(C(C)/C=C(\C)CC(C)C)=CC1=O. The third kappa shape index (κ3) is 3.76. The second-order valence-electron chi connectivity index (χ2n) is 5.94. The molecule has 1 aliphatic carbocycles. The fraction of sp³-hybridized carbons (Fsp3) is 0.529. The second-order valence-corrected chi connectivity index (χ2v) is 5.94. The number of carbonyl (C=O) groups is 2. The number of hydrogen-bond acceptors (Lipinski definition) is 2. The van der Waals surface area contributed by atoms with Gasteiger partial charge in [-0.25, -0.2) is 0 Å². The van der Waals surface area contributed by atoms with E-state index in [9.17, 15) is 9.59 Å². The lowest BCUT2D eigenvalue weighted by Gasteiger charge is -2.18. The lowest BCUT2D eigenvalue weighted by atomic mass is 9.84. The minimum atomic E-state index is -0.0335. The molecule has 0 saturated carbocycles. The molecule has 0 fully saturated rings. The first-order valence-electron chi connectivity index (χ1n) is 6.89. The number of hydrogen-bond donors (Lipinski definition) is 0. The van der Waals surface area contributed by atoms with Gasteiger partial charge in [0.1, 0.15) is 0 Å². The van der Waals surface area contributed by atoms with Gasteiger partial charge in [-0.15, -0.1) is 0 Å². The van der Waals surface area contributed by atoms with Crippen molar-refractivity contribution >= 4 is 11.6 Å². The van der Waals surface area contributed by atoms with Crippen molar-refractivity contribution < 1.29 is 9.59 Å². The van der Waals surface area contributed by atoms with Crippen molar-refractivity contribution in [1.29, 1.82) is 0 Å². The first-order chi connectivity index (χ1) is 8.73. The number of rotatable bonds is 4. The van der Waals surface area contributed by atoms with Crippen molar-refractivity contribution in [3.05, 3.63) is 34.4 Å². The van der Waals surface area contributed by atoms with Gasteiger partial charge in [-0.05, 0) is 39.2 Å². The first-order valence-corrected chi connectivity index (χ1v) is 6.89. The quantitative estimate of drug-likeness (QED) is 0.565. The van der Waals surface area contributed by atoms with Crippen LogP contribution < -0.4 is 0 Å². The largest absolute Gasteiger partial charge is 0.290 e. The summed E-state index contributed by atoms with van der Waals surface area (Å²) in [5.41, 5.74) is 3.05. The summed E-state index contributed by atoms with van der Waals surface area (Å²) in [6, 6.07) is 0. The molecule has 0 aromatic carbocycles. The summed E-state index contributed by atoms with van der Waals surface area (Å²) >= 11 is 0. The number of carbonyl (C=O) groups excluding carboxylic acids is 2. The summed E-state index contributed by atoms with van der Waals surface area (Å²) in [7, 11) is 0. The maximum absolute atomic E-state index is 12.2. The summed E-state index contributed by atoms with van der Waals surface area (Å²) in [5, 5.41) is 0. The van der Waals surface area contributed by atoms with Crippen LogP contribution >= 0.6 is 0 Å². The number of Topliss-reactive ketones (excluding diaryl/α,β-unsaturated/α-hetero) is 1. The van der Waals surface area contributed by atoms with Crippen molar-refractivity contribution in [1.82, 2.24) is 0 Å². The Balaban J connectivity index is 2.96. The Bertz CT molecular complexity index is 487. The van der Waals surface area contributed by atoms with Gasteiger partial charge >= 0.3 is 0 Å². The zero-order valence-electron chi connectivity index (χ0n) is 12.8. The lowest BCUT2D eigenvalue weighted by molar-refractivity contribution is -0.116. The Labute approximate surface area is 116 Å². The zero-order chi connectivity index (χ0) is 14.7. The van der Waals surface area contributed by atoms with Gasteiger partial charge in [-0.3, -0.25) is 9.59 Å². The molecule has 19 heavy (non-hydrogen) atoms. The van der Waals surface area contributed by atoms with Crippen LogP contribution in [-0.2, 0) is 9.59 Å². The lowest BCUT2D eigenvalue weighted by Crippen LogP contribution is -2.20. The zero-order valence-corrected chi connectivity index (χ0v) is 12.8. The topological polar surface area (TPSA) is 34.1 Å². The van der Waals surface area contributed by atoms with Gasteiger partial charge in [0.2, 0.25) is 0 Å². The molecule has 0 spiro atoms. The highest BCUT2D eigenvalue weighted by atomic mass is 16.1. The highest BCUT2D eigenvalue weighted by molar-refractivity contribution is 6.22. The van der Waals surface area contributed by atoms with Gasteiger partial charge in [0, 0.05) is 22.6 Å². The molecule has 1 aliphatic rings. The normalized spacial score (nSPS) is 19.1. The van der Waals surface area contributed by atoms with E-state index in [1.807, 2.05) is 6.92 Å². The van der Waals surface area contributed by atoms with Crippen LogP contribution in [0.4, 0.5) is 0 Å². The molecule has 0 bridgehead atoms. The van der Waals surface area contributed by atoms with Crippen LogP contribution in [0.3, 0.4) is 0 Å². The van der Waals surface area contributed by atoms with Crippen LogP contribution in [0.1, 0.15) is 48.0 Å². The molecule has 0 radical (unpaired) electrons. The van der Waals surface area contributed by atoms with Gasteiger partial charge in [0.25, 0.3) is 0 Å². The van der Waals surface area contributed by atoms with E-state index in [1.54, 1.807) is 13.8 Å². The highest BCUT2D eigenvalue weighted by Gasteiger charge is 2.25. The fourth-order valence-corrected chi connectivity index (χ4v) is 2.45. The summed E-state index contributed by atoms with van der Waals surface area (Å²) < 4.78 is 0. The Morgan fingerprint density at radius 2 is 1.74 bits per heavy atom. The van der Waals surface area contributed by atoms with E-state index < -0.39 is 0 Å². The van der Waals surface area contributed by atoms with Crippen molar-refractivity contribution in [2.45, 2.75) is 48.0 Å². The Hall–Kier alpha value is -1.44. The van der Waals surface area contributed by atoms with Crippen LogP contribution in [-0.4, -0.2) is 11.6 Å². The predicted molar refractivity (Wildman–Crippen MR) is 78.8 cm³/mol. The molecule has 0 N–H and O–H groups in total. The number of allylic oxidation sites excluding steroid dienone is 6. The molecule has 0 aliphatic heterocycles. The smallest absolute Gasteiger partial charge is 0.185 e. The van der Waals surface area contributed by atoms with Gasteiger partial charge in [0.15, 0.2) is 11.6 Å². The molecule has 1 unspecified atom stereocenters. The molecule has 2 nitrogen and oxygen atoms in total. The predicted octanol–water partition coefficient (Wildman–Crippen LogP) is 4.03. The van der Waals surface area contributed by atoms with E-state index in [-0.39, 0.29) is 17.5 Å². The molecule has 0 aromatic heterocycles. The van der Waals surface area contributed by atoms with E-state index in [2.05, 4.69) is 26.8 Å². The van der Waals surface area contributed by atoms with E-state index in [1.165, 1.54) is 11.6 Å². The van der Waals surface area contributed by atoms with Crippen molar-refractivity contribution in [2.24, 2.45) is 11.8 Å². The van der Waals surface area contributed by atoms with Gasteiger partial charge in [-0.1, -0.05) is 32.4 Å². The van der Waals surface area contributed by atoms with Gasteiger partial charge in [-0.2, -0.15) is 0 Å². The standard InChI is InChI=1S/C17H24O2/c1-10(2)7-11(3)8-12(4)15-9-16(18)13(5)14(6)17(15)19/h8-10,12H,7H2,1-6H3/b11-8+. The second kappa shape index (κ2) is 6.14. The summed E-state index contributed by atoms with van der Waals surface area (Å²) in [6.45, 7) is 11.9. The van der Waals surface area contributed by atoms with E-state index >= 15 is 0 Å². The highest BCUT2D eigenvalue weighted by Crippen LogP contribution is 2.26. The van der Waals surface area contributed by atoms with Crippen LogP contribution in [0.2, 0.25) is 0 Å². The Morgan fingerprint density at radius 3 is 2.26 bits per heavy atom. The molecule has 0 saturated heterocycles. The Morgan fingerprint density at radius 1 is 1.16 bits per heavy atom. The molecule has 2 heteroatoms. The maximum atomic E-state index is 12.2. The summed E-state index contributed by atoms with van der Waals surface area (Å²) in [6.07, 6.45) is 4.63. The fourth-order valence-electron chi connectivity index (χ4n) is 2.45. The number of ketones is 2. The van der Waals surface area contributed by atoms with Gasteiger partial charge in [0.05, 0.1) is 0 Å². The summed E-state index contributed by atoms with van der Waals surface area (Å²) in [4.78, 5) is 24.0. The molecule has 0 aromatic rings. The molecule has 1 atom stereocenters. The minimum absolute atomic E-state index is 0.00162. The molecule has 0 heterocycles. The van der Waals surface area contributed by atoms with Crippen LogP contribution in [0.5, 0.6) is 0 Å². The van der Waals surface area contributed by atoms with E-state index in [0.29, 0.717) is 22.6 Å². The summed E-state index contributed by atoms with van der Waals surface area (Å²) in [5.74, 6) is 0.579. The van der Waals surface area contributed by atoms with Crippen LogP contribution in [0.25, 0.3) is 0 Å². The van der Waals surface area contributed by atoms with Crippen LogP contribution in [0, 0.1) is 11.8 Å². The van der Waals surface area contributed by atoms with E-state index in [4.69, 9.17) is 0 Å². The van der Waals surface area contributed by atoms with Crippen molar-refractivity contribution in [2.75, 3.05) is 0 Å². The third-order valence-corrected chi connectivity index (χ3v) is 3.58. The Kier molecular flexibility index (Phi) is 5.04. The van der Waals surface area contributed by atoms with Gasteiger partial charge < -0.3 is 0 Å². The van der Waals surface area contributed by atoms with Crippen molar-refractivity contribution in [3.8, 4) is 0 Å². The van der Waals surface area contributed by atoms with Crippen LogP contribution in [0.15, 0.2) is 34.4 Å². The average molecular weight is 260 g/mol.